The number of unbranched alkanes of at least 4 members (excludes halogenated alkanes) is 5. The molecule has 0 aliphatic heterocycles. The molecular weight excluding hydrogens is 360 g/mol. The zero-order chi connectivity index (χ0) is 21.1. The van der Waals surface area contributed by atoms with Crippen LogP contribution in [0.5, 0.6) is 0 Å². The number of carboxylic acids is 3. The van der Waals surface area contributed by atoms with Gasteiger partial charge in [-0.3, -0.25) is 9.59 Å². The first kappa shape index (κ1) is 27.3. The van der Waals surface area contributed by atoms with Gasteiger partial charge in [0, 0.05) is 24.3 Å². The van der Waals surface area contributed by atoms with E-state index in [1.165, 1.54) is 6.08 Å². The molecule has 0 atom stereocenters. The Balaban J connectivity index is 0. The average molecular weight is 392 g/mol. The molecule has 0 bridgehead atoms. The van der Waals surface area contributed by atoms with Gasteiger partial charge >= 0.3 is 17.9 Å². The molecule has 0 radical (unpaired) electrons. The molecule has 0 aromatic heterocycles. The molecule has 0 heterocycles. The summed E-state index contributed by atoms with van der Waals surface area (Å²) in [6.45, 7) is -1.15. The van der Waals surface area contributed by atoms with Crippen LogP contribution in [-0.2, 0) is 14.4 Å². The van der Waals surface area contributed by atoms with Gasteiger partial charge in [0.15, 0.2) is 0 Å². The van der Waals surface area contributed by atoms with Crippen molar-refractivity contribution in [2.45, 2.75) is 57.8 Å². The monoisotopic (exact) mass is 392 g/mol. The van der Waals surface area contributed by atoms with Gasteiger partial charge in [-0.1, -0.05) is 31.8 Å². The highest BCUT2D eigenvalue weighted by molar-refractivity contribution is 5.79. The summed E-state index contributed by atoms with van der Waals surface area (Å²) >= 11 is 0. The third kappa shape index (κ3) is 18.6. The van der Waals surface area contributed by atoms with Gasteiger partial charge in [-0.2, -0.15) is 0 Å². The van der Waals surface area contributed by atoms with Gasteiger partial charge in [0.25, 0.3) is 0 Å². The van der Waals surface area contributed by atoms with E-state index in [2.05, 4.69) is 0 Å². The highest BCUT2D eigenvalue weighted by Gasteiger charge is 2.26. The maximum Gasteiger partial charge on any atom is 0.327 e. The summed E-state index contributed by atoms with van der Waals surface area (Å²) in [5.74, 6) is -2.57. The summed E-state index contributed by atoms with van der Waals surface area (Å²) in [5, 5.41) is 51.5. The second-order valence-corrected chi connectivity index (χ2v) is 6.33. The zero-order valence-corrected chi connectivity index (χ0v) is 15.5. The summed E-state index contributed by atoms with van der Waals surface area (Å²) in [6, 6.07) is 0. The molecule has 0 amide bonds. The maximum atomic E-state index is 10.1. The van der Waals surface area contributed by atoms with E-state index in [9.17, 15) is 14.4 Å². The van der Waals surface area contributed by atoms with Crippen LogP contribution in [-0.4, -0.2) is 68.4 Å². The molecular formula is C18H32O9. The van der Waals surface area contributed by atoms with Gasteiger partial charge in [0.2, 0.25) is 0 Å². The van der Waals surface area contributed by atoms with Crippen molar-refractivity contribution in [1.82, 2.24) is 0 Å². The average Bonchev–Trinajstić information content (AvgIpc) is 2.61. The number of hydrogen-bond donors (Lipinski definition) is 6. The summed E-state index contributed by atoms with van der Waals surface area (Å²) in [5.41, 5.74) is -1.02. The van der Waals surface area contributed by atoms with Crippen molar-refractivity contribution in [2.75, 3.05) is 19.8 Å². The van der Waals surface area contributed by atoms with E-state index >= 15 is 0 Å². The summed E-state index contributed by atoms with van der Waals surface area (Å²) in [6.07, 6.45) is 8.16. The Bertz CT molecular complexity index is 414. The normalized spacial score (nSPS) is 11.1. The fraction of sp³-hybridized carbons (Fsp3) is 0.722. The van der Waals surface area contributed by atoms with Crippen molar-refractivity contribution < 1.29 is 45.0 Å². The zero-order valence-electron chi connectivity index (χ0n) is 15.5. The van der Waals surface area contributed by atoms with Crippen molar-refractivity contribution >= 4 is 17.9 Å². The molecule has 158 valence electrons. The number of hydrogen-bond acceptors (Lipinski definition) is 6. The number of aliphatic hydroxyl groups is 3. The van der Waals surface area contributed by atoms with Gasteiger partial charge < -0.3 is 30.6 Å². The van der Waals surface area contributed by atoms with Gasteiger partial charge in [-0.25, -0.2) is 4.79 Å². The Morgan fingerprint density at radius 2 is 1.04 bits per heavy atom. The van der Waals surface area contributed by atoms with Crippen molar-refractivity contribution in [1.29, 1.82) is 0 Å². The summed E-state index contributed by atoms with van der Waals surface area (Å²) in [7, 11) is 0. The smallest absolute Gasteiger partial charge is 0.327 e. The van der Waals surface area contributed by atoms with Crippen molar-refractivity contribution in [2.24, 2.45) is 5.41 Å². The van der Waals surface area contributed by atoms with Gasteiger partial charge in [-0.15, -0.1) is 0 Å². The molecule has 0 aromatic rings. The first-order valence-corrected chi connectivity index (χ1v) is 8.88. The molecule has 9 heteroatoms. The highest BCUT2D eigenvalue weighted by Crippen LogP contribution is 2.20. The van der Waals surface area contributed by atoms with Gasteiger partial charge in [0.05, 0.1) is 19.8 Å². The molecule has 0 aliphatic rings. The lowest BCUT2D eigenvalue weighted by Gasteiger charge is -2.25. The predicted molar refractivity (Wildman–Crippen MR) is 97.3 cm³/mol. The summed E-state index contributed by atoms with van der Waals surface area (Å²) in [4.78, 5) is 30.4. The van der Waals surface area contributed by atoms with E-state index < -0.39 is 23.3 Å². The van der Waals surface area contributed by atoms with Crippen molar-refractivity contribution in [3.05, 3.63) is 12.2 Å². The molecule has 0 saturated carbocycles. The Morgan fingerprint density at radius 3 is 1.33 bits per heavy atom. The molecule has 6 N–H and O–H groups in total. The van der Waals surface area contributed by atoms with Crippen molar-refractivity contribution in [3.8, 4) is 0 Å². The maximum absolute atomic E-state index is 10.1. The van der Waals surface area contributed by atoms with E-state index in [0.717, 1.165) is 44.6 Å². The Kier molecular flexibility index (Phi) is 17.6. The first-order chi connectivity index (χ1) is 12.7. The largest absolute Gasteiger partial charge is 0.481 e. The molecule has 0 fully saturated rings. The Labute approximate surface area is 159 Å². The standard InChI is InChI=1S/C10H18O4.C8H14O5/c11-9(12)7-5-3-1-2-4-6-8-10(13)14;9-4-8(5-10,6-11)3-1-2-7(12)13/h1-8H2,(H,11,12)(H,13,14);1-2,9-11H,3-6H2,(H,12,13). The fourth-order valence-corrected chi connectivity index (χ4v) is 2.01. The minimum absolute atomic E-state index is 0.128. The van der Waals surface area contributed by atoms with Crippen LogP contribution >= 0.6 is 0 Å². The lowest BCUT2D eigenvalue weighted by molar-refractivity contribution is -0.138. The lowest BCUT2D eigenvalue weighted by atomic mass is 9.87. The van der Waals surface area contributed by atoms with Crippen LogP contribution in [0.4, 0.5) is 0 Å². The van der Waals surface area contributed by atoms with E-state index in [1.807, 2.05) is 0 Å². The molecule has 9 nitrogen and oxygen atoms in total. The molecule has 0 spiro atoms. The van der Waals surface area contributed by atoms with Crippen LogP contribution in [0.25, 0.3) is 0 Å². The Morgan fingerprint density at radius 1 is 0.667 bits per heavy atom. The molecule has 0 rings (SSSR count). The van der Waals surface area contributed by atoms with E-state index in [0.29, 0.717) is 0 Å². The number of rotatable bonds is 15. The molecule has 0 unspecified atom stereocenters. The number of allylic oxidation sites excluding steroid dienone is 1. The van der Waals surface area contributed by atoms with E-state index in [1.54, 1.807) is 0 Å². The highest BCUT2D eigenvalue weighted by atomic mass is 16.4. The van der Waals surface area contributed by atoms with Gasteiger partial charge in [-0.05, 0) is 19.3 Å². The van der Waals surface area contributed by atoms with E-state index in [-0.39, 0.29) is 39.1 Å². The van der Waals surface area contributed by atoms with E-state index in [4.69, 9.17) is 30.6 Å². The molecule has 0 aromatic carbocycles. The fourth-order valence-electron chi connectivity index (χ4n) is 2.01. The minimum Gasteiger partial charge on any atom is -0.481 e. The van der Waals surface area contributed by atoms with Gasteiger partial charge in [0.1, 0.15) is 0 Å². The number of carboxylic acid groups (broad SMARTS) is 3. The molecule has 27 heavy (non-hydrogen) atoms. The third-order valence-corrected chi connectivity index (χ3v) is 3.85. The van der Waals surface area contributed by atoms with Crippen LogP contribution < -0.4 is 0 Å². The lowest BCUT2D eigenvalue weighted by Crippen LogP contribution is -2.33. The molecule has 0 saturated heterocycles. The quantitative estimate of drug-likeness (QED) is 0.177. The first-order valence-electron chi connectivity index (χ1n) is 8.88. The van der Waals surface area contributed by atoms with Crippen LogP contribution in [0.15, 0.2) is 12.2 Å². The number of aliphatic carboxylic acids is 3. The van der Waals surface area contributed by atoms with Crippen LogP contribution in [0.3, 0.4) is 0 Å². The second-order valence-electron chi connectivity index (χ2n) is 6.33. The Hall–Kier alpha value is -1.97. The SMILES string of the molecule is O=C(O)C=CCC(CO)(CO)CO.O=C(O)CCCCCCCCC(=O)O. The number of carbonyl (C=O) groups is 3. The summed E-state index contributed by atoms with van der Waals surface area (Å²) < 4.78 is 0. The van der Waals surface area contributed by atoms with Crippen LogP contribution in [0, 0.1) is 5.41 Å². The predicted octanol–water partition coefficient (Wildman–Crippen LogP) is 1.26. The number of aliphatic hydroxyl groups excluding tert-OH is 3. The topological polar surface area (TPSA) is 173 Å². The van der Waals surface area contributed by atoms with Crippen LogP contribution in [0.2, 0.25) is 0 Å². The van der Waals surface area contributed by atoms with Crippen molar-refractivity contribution in [3.63, 3.8) is 0 Å². The second kappa shape index (κ2) is 17.4. The minimum atomic E-state index is -1.09. The molecule has 0 aliphatic carbocycles. The third-order valence-electron chi connectivity index (χ3n) is 3.85. The van der Waals surface area contributed by atoms with Crippen LogP contribution in [0.1, 0.15) is 57.8 Å².